The minimum Gasteiger partial charge on any atom is -0.357 e. The number of nitrogens with zero attached hydrogens (tertiary/aromatic N) is 1. The third kappa shape index (κ3) is 1.79. The van der Waals surface area contributed by atoms with Gasteiger partial charge in [0.1, 0.15) is 17.3 Å². The van der Waals surface area contributed by atoms with Gasteiger partial charge in [0.15, 0.2) is 5.60 Å². The highest BCUT2D eigenvalue weighted by molar-refractivity contribution is 5.35. The molecule has 1 aliphatic heterocycles. The summed E-state index contributed by atoms with van der Waals surface area (Å²) in [6, 6.07) is 7.35. The molecular weight excluding hydrogens is 274 g/mol. The van der Waals surface area contributed by atoms with Gasteiger partial charge >= 0.3 is 5.92 Å². The second-order valence-electron chi connectivity index (χ2n) is 4.46. The molecule has 2 aromatic rings. The summed E-state index contributed by atoms with van der Waals surface area (Å²) < 4.78 is 60.5. The lowest BCUT2D eigenvalue weighted by atomic mass is 9.90. The Hall–Kier alpha value is -1.95. The molecular formula is C14H8F4NO. The van der Waals surface area contributed by atoms with Crippen LogP contribution in [-0.4, -0.2) is 11.6 Å². The Balaban J connectivity index is 2.08. The largest absolute Gasteiger partial charge is 0.357 e. The summed E-state index contributed by atoms with van der Waals surface area (Å²) >= 11 is 0. The molecule has 3 rings (SSSR count). The molecule has 1 unspecified atom stereocenters. The van der Waals surface area contributed by atoms with E-state index in [1.165, 1.54) is 6.07 Å². The molecule has 0 spiro atoms. The normalized spacial score (nSPS) is 21.8. The van der Waals surface area contributed by atoms with E-state index in [-0.39, 0.29) is 12.2 Å². The van der Waals surface area contributed by atoms with Crippen molar-refractivity contribution >= 4 is 0 Å². The van der Waals surface area contributed by atoms with Crippen LogP contribution in [0.5, 0.6) is 0 Å². The zero-order valence-electron chi connectivity index (χ0n) is 10.0. The Morgan fingerprint density at radius 2 is 2.00 bits per heavy atom. The van der Waals surface area contributed by atoms with E-state index in [9.17, 15) is 17.6 Å². The van der Waals surface area contributed by atoms with Crippen LogP contribution in [0.15, 0.2) is 36.5 Å². The van der Waals surface area contributed by atoms with Gasteiger partial charge in [0.2, 0.25) is 0 Å². The molecule has 1 radical (unpaired) electrons. The van der Waals surface area contributed by atoms with Gasteiger partial charge in [-0.3, -0.25) is 4.98 Å². The topological polar surface area (TPSA) is 25.4 Å². The smallest absolute Gasteiger partial charge is 0.324 e. The van der Waals surface area contributed by atoms with Crippen molar-refractivity contribution in [3.05, 3.63) is 65.5 Å². The van der Waals surface area contributed by atoms with Gasteiger partial charge in [-0.05, 0) is 18.2 Å². The number of hydrogen-bond donors (Lipinski definition) is 0. The fourth-order valence-corrected chi connectivity index (χ4v) is 2.11. The number of epoxide rings is 1. The van der Waals surface area contributed by atoms with E-state index >= 15 is 0 Å². The summed E-state index contributed by atoms with van der Waals surface area (Å²) in [6.07, 6.45) is 1.10. The lowest BCUT2D eigenvalue weighted by Crippen LogP contribution is -2.34. The van der Waals surface area contributed by atoms with Gasteiger partial charge in [0.25, 0.3) is 0 Å². The maximum Gasteiger partial charge on any atom is 0.324 e. The number of halogens is 4. The molecule has 6 heteroatoms. The number of alkyl halides is 2. The van der Waals surface area contributed by atoms with Crippen LogP contribution in [0.3, 0.4) is 0 Å². The summed E-state index contributed by atoms with van der Waals surface area (Å²) in [5, 5.41) is 0. The van der Waals surface area contributed by atoms with E-state index in [1.807, 2.05) is 0 Å². The van der Waals surface area contributed by atoms with Gasteiger partial charge in [0, 0.05) is 23.9 Å². The molecule has 1 atom stereocenters. The third-order valence-electron chi connectivity index (χ3n) is 3.24. The fraction of sp³-hybridized carbons (Fsp3) is 0.214. The molecule has 0 amide bonds. The molecule has 1 saturated heterocycles. The second-order valence-corrected chi connectivity index (χ2v) is 4.46. The van der Waals surface area contributed by atoms with E-state index in [1.54, 1.807) is 0 Å². The van der Waals surface area contributed by atoms with Gasteiger partial charge in [-0.1, -0.05) is 6.07 Å². The Bertz CT molecular complexity index is 641. The summed E-state index contributed by atoms with van der Waals surface area (Å²) in [4.78, 5) is 3.55. The molecule has 1 fully saturated rings. The predicted octanol–water partition coefficient (Wildman–Crippen LogP) is 3.18. The van der Waals surface area contributed by atoms with E-state index in [4.69, 9.17) is 4.74 Å². The van der Waals surface area contributed by atoms with Crippen molar-refractivity contribution in [2.24, 2.45) is 0 Å². The highest BCUT2D eigenvalue weighted by Gasteiger charge is 2.68. The lowest BCUT2D eigenvalue weighted by molar-refractivity contribution is -0.0901. The van der Waals surface area contributed by atoms with E-state index < -0.39 is 28.9 Å². The number of benzene rings is 1. The molecule has 20 heavy (non-hydrogen) atoms. The van der Waals surface area contributed by atoms with Crippen molar-refractivity contribution in [2.75, 3.05) is 6.61 Å². The van der Waals surface area contributed by atoms with Crippen molar-refractivity contribution in [3.8, 4) is 0 Å². The number of hydrogen-bond acceptors (Lipinski definition) is 2. The minimum atomic E-state index is -3.53. The summed E-state index contributed by atoms with van der Waals surface area (Å²) in [5.74, 6) is -5.43. The Morgan fingerprint density at radius 1 is 1.25 bits per heavy atom. The van der Waals surface area contributed by atoms with Crippen molar-refractivity contribution in [2.45, 2.75) is 11.5 Å². The Kier molecular flexibility index (Phi) is 2.79. The van der Waals surface area contributed by atoms with E-state index in [0.29, 0.717) is 6.07 Å². The number of aromatic nitrogens is 1. The van der Waals surface area contributed by atoms with Crippen molar-refractivity contribution in [1.29, 1.82) is 0 Å². The molecule has 103 valence electrons. The van der Waals surface area contributed by atoms with Gasteiger partial charge in [-0.2, -0.15) is 8.78 Å². The molecule has 0 bridgehead atoms. The summed E-state index contributed by atoms with van der Waals surface area (Å²) in [7, 11) is 0. The van der Waals surface area contributed by atoms with Crippen LogP contribution in [0.25, 0.3) is 0 Å². The van der Waals surface area contributed by atoms with Crippen LogP contribution in [0.1, 0.15) is 11.3 Å². The van der Waals surface area contributed by atoms with Crippen molar-refractivity contribution in [1.82, 2.24) is 4.98 Å². The molecule has 2 nitrogen and oxygen atoms in total. The van der Waals surface area contributed by atoms with Gasteiger partial charge in [0.05, 0.1) is 6.61 Å². The van der Waals surface area contributed by atoms with Crippen LogP contribution in [0.4, 0.5) is 17.6 Å². The Labute approximate surface area is 112 Å². The highest BCUT2D eigenvalue weighted by Crippen LogP contribution is 2.56. The van der Waals surface area contributed by atoms with Crippen LogP contribution >= 0.6 is 0 Å². The highest BCUT2D eigenvalue weighted by atomic mass is 19.3. The summed E-state index contributed by atoms with van der Waals surface area (Å²) in [5.41, 5.74) is -3.05. The molecule has 1 aromatic carbocycles. The zero-order valence-corrected chi connectivity index (χ0v) is 10.0. The molecule has 2 heterocycles. The molecule has 1 aliphatic rings. The second kappa shape index (κ2) is 4.28. The molecule has 0 saturated carbocycles. The minimum absolute atomic E-state index is 0.358. The van der Waals surface area contributed by atoms with Crippen LogP contribution < -0.4 is 0 Å². The maximum atomic E-state index is 14.5. The Morgan fingerprint density at radius 3 is 2.55 bits per heavy atom. The lowest BCUT2D eigenvalue weighted by Gasteiger charge is -2.24. The number of pyridine rings is 1. The first kappa shape index (κ1) is 13.1. The predicted molar refractivity (Wildman–Crippen MR) is 61.0 cm³/mol. The number of ether oxygens (including phenoxy) is 1. The average molecular weight is 282 g/mol. The third-order valence-corrected chi connectivity index (χ3v) is 3.24. The van der Waals surface area contributed by atoms with Gasteiger partial charge in [-0.15, -0.1) is 0 Å². The van der Waals surface area contributed by atoms with Gasteiger partial charge in [-0.25, -0.2) is 8.78 Å². The molecule has 1 aromatic heterocycles. The van der Waals surface area contributed by atoms with Crippen LogP contribution in [0, 0.1) is 17.7 Å². The van der Waals surface area contributed by atoms with E-state index in [0.717, 1.165) is 24.4 Å². The summed E-state index contributed by atoms with van der Waals surface area (Å²) in [6.45, 7) is -0.358. The van der Waals surface area contributed by atoms with Crippen LogP contribution in [0.2, 0.25) is 0 Å². The first-order chi connectivity index (χ1) is 9.47. The first-order valence-corrected chi connectivity index (χ1v) is 5.77. The number of rotatable bonds is 3. The standard InChI is InChI=1S/C14H8F4NO/c15-9-4-5-10(11(16)7-9)13(8-20-13)14(17,18)12-3-1-2-6-19-12/h1,3-7H,8H2. The molecule has 0 N–H and O–H groups in total. The monoisotopic (exact) mass is 282 g/mol. The van der Waals surface area contributed by atoms with Crippen molar-refractivity contribution in [3.63, 3.8) is 0 Å². The first-order valence-electron chi connectivity index (χ1n) is 5.77. The zero-order chi connectivity index (χ0) is 14.4. The SMILES string of the molecule is Fc1ccc(C2(C(F)(F)c3cc[c]cn3)CO2)c(F)c1. The van der Waals surface area contributed by atoms with Crippen molar-refractivity contribution < 1.29 is 22.3 Å². The molecule has 0 aliphatic carbocycles. The fourth-order valence-electron chi connectivity index (χ4n) is 2.11. The maximum absolute atomic E-state index is 14.5. The van der Waals surface area contributed by atoms with Crippen LogP contribution in [-0.2, 0) is 16.3 Å². The van der Waals surface area contributed by atoms with Gasteiger partial charge < -0.3 is 4.74 Å². The quantitative estimate of drug-likeness (QED) is 0.638. The average Bonchev–Trinajstić information content (AvgIpc) is 3.21. The van der Waals surface area contributed by atoms with E-state index in [2.05, 4.69) is 11.1 Å².